The van der Waals surface area contributed by atoms with E-state index in [0.717, 1.165) is 5.56 Å². The number of aliphatic hydroxyl groups is 1. The van der Waals surface area contributed by atoms with Gasteiger partial charge < -0.3 is 24.1 Å². The number of hydrogen-bond acceptors (Lipinski definition) is 8. The van der Waals surface area contributed by atoms with Crippen LogP contribution in [0, 0.1) is 6.92 Å². The molecule has 0 radical (unpaired) electrons. The molecular formula is C23H23NO6S. The zero-order valence-electron chi connectivity index (χ0n) is 17.9. The van der Waals surface area contributed by atoms with Gasteiger partial charge in [-0.05, 0) is 42.8 Å². The maximum Gasteiger partial charge on any atom is 0.344 e. The van der Waals surface area contributed by atoms with Crippen molar-refractivity contribution in [3.63, 3.8) is 0 Å². The van der Waals surface area contributed by atoms with Gasteiger partial charge in [0.25, 0.3) is 0 Å². The number of carbonyl (C=O) groups excluding carboxylic acids is 1. The zero-order chi connectivity index (χ0) is 22.5. The number of hydrogen-bond donors (Lipinski definition) is 1. The number of carbonyl (C=O) groups is 1. The molecule has 162 valence electrons. The average molecular weight is 442 g/mol. The lowest BCUT2D eigenvalue weighted by Crippen LogP contribution is -2.10. The molecule has 31 heavy (non-hydrogen) atoms. The minimum absolute atomic E-state index is 0.0136. The van der Waals surface area contributed by atoms with Crippen LogP contribution in [0.1, 0.15) is 11.1 Å². The van der Waals surface area contributed by atoms with E-state index in [1.54, 1.807) is 18.2 Å². The number of ether oxygens (including phenoxy) is 4. The average Bonchev–Trinajstić information content (AvgIpc) is 3.07. The zero-order valence-corrected chi connectivity index (χ0v) is 18.7. The number of benzene rings is 2. The summed E-state index contributed by atoms with van der Waals surface area (Å²) in [6.45, 7) is 1.95. The van der Waals surface area contributed by atoms with Crippen LogP contribution in [-0.2, 0) is 9.53 Å². The Morgan fingerprint density at radius 2 is 1.77 bits per heavy atom. The van der Waals surface area contributed by atoms with E-state index in [0.29, 0.717) is 38.4 Å². The smallest absolute Gasteiger partial charge is 0.344 e. The van der Waals surface area contributed by atoms with Crippen molar-refractivity contribution in [1.29, 1.82) is 0 Å². The molecule has 0 amide bonds. The van der Waals surface area contributed by atoms with Gasteiger partial charge in [-0.25, -0.2) is 9.79 Å². The molecule has 0 spiro atoms. The highest BCUT2D eigenvalue weighted by atomic mass is 32.2. The van der Waals surface area contributed by atoms with Crippen LogP contribution in [0.3, 0.4) is 0 Å². The fraction of sp³-hybridized carbons (Fsp3) is 0.217. The molecular weight excluding hydrogens is 418 g/mol. The highest BCUT2D eigenvalue weighted by Crippen LogP contribution is 2.44. The number of nitrogens with zero attached hydrogens (tertiary/aromatic N) is 1. The van der Waals surface area contributed by atoms with E-state index >= 15 is 0 Å². The van der Waals surface area contributed by atoms with Crippen molar-refractivity contribution in [2.75, 3.05) is 28.4 Å². The summed E-state index contributed by atoms with van der Waals surface area (Å²) in [5.74, 6) is 0.496. The summed E-state index contributed by atoms with van der Waals surface area (Å²) >= 11 is 1.17. The van der Waals surface area contributed by atoms with Crippen LogP contribution < -0.4 is 14.2 Å². The molecule has 1 heterocycles. The monoisotopic (exact) mass is 441 g/mol. The summed E-state index contributed by atoms with van der Waals surface area (Å²) in [5.41, 5.74) is 2.35. The fourth-order valence-corrected chi connectivity index (χ4v) is 4.11. The molecule has 7 nitrogen and oxygen atoms in total. The van der Waals surface area contributed by atoms with E-state index in [2.05, 4.69) is 4.99 Å². The predicted molar refractivity (Wildman–Crippen MR) is 122 cm³/mol. The van der Waals surface area contributed by atoms with E-state index in [-0.39, 0.29) is 11.3 Å². The van der Waals surface area contributed by atoms with Crippen molar-refractivity contribution in [1.82, 2.24) is 0 Å². The molecule has 3 rings (SSSR count). The first-order chi connectivity index (χ1) is 14.9. The highest BCUT2D eigenvalue weighted by Gasteiger charge is 2.33. The lowest BCUT2D eigenvalue weighted by Gasteiger charge is -2.14. The highest BCUT2D eigenvalue weighted by molar-refractivity contribution is 8.18. The third-order valence-corrected chi connectivity index (χ3v) is 5.55. The van der Waals surface area contributed by atoms with E-state index in [1.807, 2.05) is 31.2 Å². The van der Waals surface area contributed by atoms with Crippen molar-refractivity contribution < 1.29 is 28.8 Å². The van der Waals surface area contributed by atoms with E-state index in [9.17, 15) is 9.90 Å². The molecule has 8 heteroatoms. The number of aliphatic imine (C=N–C) groups is 1. The van der Waals surface area contributed by atoms with Gasteiger partial charge in [0, 0.05) is 5.56 Å². The number of rotatable bonds is 6. The Morgan fingerprint density at radius 1 is 1.03 bits per heavy atom. The van der Waals surface area contributed by atoms with Gasteiger partial charge in [-0.1, -0.05) is 23.9 Å². The summed E-state index contributed by atoms with van der Waals surface area (Å²) in [6, 6.07) is 11.0. The van der Waals surface area contributed by atoms with Crippen LogP contribution >= 0.6 is 11.8 Å². The molecule has 2 aromatic carbocycles. The normalized spacial score (nSPS) is 16.0. The van der Waals surface area contributed by atoms with Gasteiger partial charge in [-0.15, -0.1) is 0 Å². The lowest BCUT2D eigenvalue weighted by molar-refractivity contribution is -0.135. The fourth-order valence-electron chi connectivity index (χ4n) is 3.08. The molecule has 0 aliphatic carbocycles. The third kappa shape index (κ3) is 4.54. The van der Waals surface area contributed by atoms with Crippen LogP contribution in [-0.4, -0.2) is 44.6 Å². The molecule has 1 aliphatic heterocycles. The second-order valence-corrected chi connectivity index (χ2v) is 7.54. The van der Waals surface area contributed by atoms with Crippen molar-refractivity contribution >= 4 is 34.5 Å². The molecule has 0 aromatic heterocycles. The van der Waals surface area contributed by atoms with Crippen LogP contribution in [0.4, 0.5) is 5.69 Å². The first-order valence-electron chi connectivity index (χ1n) is 9.29. The van der Waals surface area contributed by atoms with Gasteiger partial charge in [0.2, 0.25) is 5.75 Å². The molecule has 1 aliphatic rings. The molecule has 2 aromatic rings. The summed E-state index contributed by atoms with van der Waals surface area (Å²) in [6.07, 6.45) is 1.70. The van der Waals surface area contributed by atoms with E-state index in [4.69, 9.17) is 18.9 Å². The molecule has 1 N–H and O–H groups in total. The lowest BCUT2D eigenvalue weighted by atomic mass is 10.1. The number of aliphatic hydroxyl groups excluding tert-OH is 1. The minimum atomic E-state index is -0.668. The Bertz CT molecular complexity index is 1100. The second-order valence-electron chi connectivity index (χ2n) is 6.51. The molecule has 0 bridgehead atoms. The van der Waals surface area contributed by atoms with Crippen LogP contribution in [0.2, 0.25) is 0 Å². The third-order valence-electron chi connectivity index (χ3n) is 4.53. The van der Waals surface area contributed by atoms with Gasteiger partial charge in [-0.3, -0.25) is 0 Å². The summed E-state index contributed by atoms with van der Waals surface area (Å²) in [5, 5.41) is 11.2. The Labute approximate surface area is 185 Å². The number of methoxy groups -OCH3 is 4. The Kier molecular flexibility index (Phi) is 6.91. The first-order valence-corrected chi connectivity index (χ1v) is 10.1. The SMILES string of the molecule is COC(=O)C1=C(O)C(=Cc2ccc(OC)c(OC)c2OC)SC1=Nc1cccc(C)c1. The van der Waals surface area contributed by atoms with Gasteiger partial charge >= 0.3 is 5.97 Å². The topological polar surface area (TPSA) is 86.6 Å². The summed E-state index contributed by atoms with van der Waals surface area (Å²) in [7, 11) is 5.83. The number of esters is 1. The molecule has 0 atom stereocenters. The minimum Gasteiger partial charge on any atom is -0.506 e. The van der Waals surface area contributed by atoms with Crippen LogP contribution in [0.25, 0.3) is 6.08 Å². The molecule has 0 fully saturated rings. The summed E-state index contributed by atoms with van der Waals surface area (Å²) < 4.78 is 21.1. The van der Waals surface area contributed by atoms with Crippen molar-refractivity contribution in [2.45, 2.75) is 6.92 Å². The van der Waals surface area contributed by atoms with Crippen LogP contribution in [0.15, 0.2) is 57.6 Å². The quantitative estimate of drug-likeness (QED) is 0.643. The maximum absolute atomic E-state index is 12.4. The first kappa shape index (κ1) is 22.3. The second kappa shape index (κ2) is 9.61. The Morgan fingerprint density at radius 3 is 2.39 bits per heavy atom. The van der Waals surface area contributed by atoms with Gasteiger partial charge in [0.15, 0.2) is 11.5 Å². The van der Waals surface area contributed by atoms with Gasteiger partial charge in [0.1, 0.15) is 16.4 Å². The van der Waals surface area contributed by atoms with Crippen molar-refractivity contribution in [3.05, 3.63) is 63.8 Å². The van der Waals surface area contributed by atoms with Crippen LogP contribution in [0.5, 0.6) is 17.2 Å². The van der Waals surface area contributed by atoms with Gasteiger partial charge in [0.05, 0.1) is 39.0 Å². The molecule has 0 saturated carbocycles. The summed E-state index contributed by atoms with van der Waals surface area (Å²) in [4.78, 5) is 17.4. The number of aryl methyl sites for hydroxylation is 1. The van der Waals surface area contributed by atoms with Crippen molar-refractivity contribution in [3.8, 4) is 17.2 Å². The van der Waals surface area contributed by atoms with Gasteiger partial charge in [-0.2, -0.15) is 0 Å². The van der Waals surface area contributed by atoms with E-state index < -0.39 is 5.97 Å². The van der Waals surface area contributed by atoms with E-state index in [1.165, 1.54) is 40.2 Å². The predicted octanol–water partition coefficient (Wildman–Crippen LogP) is 4.82. The number of thioether (sulfide) groups is 1. The van der Waals surface area contributed by atoms with Crippen molar-refractivity contribution in [2.24, 2.45) is 4.99 Å². The molecule has 0 unspecified atom stereocenters. The largest absolute Gasteiger partial charge is 0.506 e. The Hall–Kier alpha value is -3.39. The standard InChI is InChI=1S/C23H23NO6S/c1-13-7-6-8-15(11-13)24-22-18(23(26)30-5)19(25)17(31-22)12-14-9-10-16(27-2)21(29-4)20(14)28-3/h6-12,25H,1-5H3. The Balaban J connectivity index is 2.12. The maximum atomic E-state index is 12.4. The molecule has 0 saturated heterocycles.